The van der Waals surface area contributed by atoms with Crippen LogP contribution in [0.2, 0.25) is 0 Å². The number of nitrogens with one attached hydrogen (secondary N) is 1. The zero-order valence-corrected chi connectivity index (χ0v) is 14.6. The van der Waals surface area contributed by atoms with Crippen molar-refractivity contribution in [3.05, 3.63) is 59.9 Å². The molecule has 1 fully saturated rings. The van der Waals surface area contributed by atoms with E-state index in [2.05, 4.69) is 34.6 Å². The number of aryl methyl sites for hydroxylation is 1. The van der Waals surface area contributed by atoms with Crippen LogP contribution >= 0.6 is 0 Å². The zero-order valence-electron chi connectivity index (χ0n) is 14.6. The number of aromatic nitrogens is 1. The largest absolute Gasteiger partial charge is 0.479 e. The van der Waals surface area contributed by atoms with Gasteiger partial charge in [-0.3, -0.25) is 9.78 Å². The molecule has 0 unspecified atom stereocenters. The van der Waals surface area contributed by atoms with Gasteiger partial charge >= 0.3 is 0 Å². The smallest absolute Gasteiger partial charge is 0.260 e. The van der Waals surface area contributed by atoms with Gasteiger partial charge in [0.25, 0.3) is 5.91 Å². The number of hydrogen-bond donors (Lipinski definition) is 1. The highest BCUT2D eigenvalue weighted by molar-refractivity contribution is 5.80. The fourth-order valence-corrected chi connectivity index (χ4v) is 4.28. The van der Waals surface area contributed by atoms with Crippen molar-refractivity contribution in [2.75, 3.05) is 6.54 Å². The minimum Gasteiger partial charge on any atom is -0.479 e. The predicted octanol–water partition coefficient (Wildman–Crippen LogP) is 3.26. The van der Waals surface area contributed by atoms with Crippen LogP contribution < -0.4 is 10.1 Å². The van der Waals surface area contributed by atoms with Crippen LogP contribution in [0.15, 0.2) is 48.8 Å². The van der Waals surface area contributed by atoms with Crippen LogP contribution in [0.5, 0.6) is 5.75 Å². The molecule has 0 saturated heterocycles. The number of carbonyl (C=O) groups is 1. The first-order valence-electron chi connectivity index (χ1n) is 9.12. The Morgan fingerprint density at radius 3 is 3.08 bits per heavy atom. The van der Waals surface area contributed by atoms with E-state index in [0.717, 1.165) is 6.54 Å². The zero-order chi connectivity index (χ0) is 17.3. The summed E-state index contributed by atoms with van der Waals surface area (Å²) in [5.74, 6) is 1.10. The molecule has 1 N–H and O–H groups in total. The molecule has 2 aromatic rings. The summed E-state index contributed by atoms with van der Waals surface area (Å²) >= 11 is 0. The summed E-state index contributed by atoms with van der Waals surface area (Å²) in [6, 6.07) is 12.4. The SMILES string of the molecule is C[C@H](Oc1cccnc1)C(=O)NC[C@@H]1C[C@]12CCCc1ccccc12. The van der Waals surface area contributed by atoms with Gasteiger partial charge in [0, 0.05) is 18.2 Å². The van der Waals surface area contributed by atoms with Crippen LogP contribution in [-0.4, -0.2) is 23.5 Å². The first-order valence-corrected chi connectivity index (χ1v) is 9.12. The van der Waals surface area contributed by atoms with Gasteiger partial charge in [0.05, 0.1) is 6.20 Å². The highest BCUT2D eigenvalue weighted by atomic mass is 16.5. The third-order valence-electron chi connectivity index (χ3n) is 5.69. The maximum atomic E-state index is 12.3. The molecule has 0 aliphatic heterocycles. The third kappa shape index (κ3) is 3.13. The molecule has 1 spiro atoms. The maximum absolute atomic E-state index is 12.3. The fraction of sp³-hybridized carbons (Fsp3) is 0.429. The molecule has 4 rings (SSSR count). The van der Waals surface area contributed by atoms with Gasteiger partial charge in [0.1, 0.15) is 5.75 Å². The highest BCUT2D eigenvalue weighted by Crippen LogP contribution is 2.59. The molecule has 2 aliphatic carbocycles. The quantitative estimate of drug-likeness (QED) is 0.912. The van der Waals surface area contributed by atoms with Crippen LogP contribution in [-0.2, 0) is 16.6 Å². The lowest BCUT2D eigenvalue weighted by atomic mass is 9.78. The number of nitrogens with zero attached hydrogens (tertiary/aromatic N) is 1. The molecule has 1 heterocycles. The molecule has 130 valence electrons. The van der Waals surface area contributed by atoms with Crippen molar-refractivity contribution >= 4 is 5.91 Å². The maximum Gasteiger partial charge on any atom is 0.260 e. The summed E-state index contributed by atoms with van der Waals surface area (Å²) in [6.45, 7) is 2.51. The Balaban J connectivity index is 1.34. The predicted molar refractivity (Wildman–Crippen MR) is 96.5 cm³/mol. The Hall–Kier alpha value is -2.36. The van der Waals surface area contributed by atoms with Crippen LogP contribution in [0.3, 0.4) is 0 Å². The Labute approximate surface area is 148 Å². The van der Waals surface area contributed by atoms with E-state index in [1.165, 1.54) is 36.8 Å². The number of rotatable bonds is 5. The molecule has 1 aromatic heterocycles. The molecule has 3 atom stereocenters. The summed E-state index contributed by atoms with van der Waals surface area (Å²) < 4.78 is 5.65. The van der Waals surface area contributed by atoms with E-state index in [-0.39, 0.29) is 5.91 Å². The van der Waals surface area contributed by atoms with Gasteiger partial charge in [-0.1, -0.05) is 24.3 Å². The summed E-state index contributed by atoms with van der Waals surface area (Å²) in [5.41, 5.74) is 3.31. The van der Waals surface area contributed by atoms with E-state index in [1.54, 1.807) is 25.4 Å². The number of benzene rings is 1. The molecule has 25 heavy (non-hydrogen) atoms. The summed E-state index contributed by atoms with van der Waals surface area (Å²) in [4.78, 5) is 16.3. The number of carbonyl (C=O) groups excluding carboxylic acids is 1. The van der Waals surface area contributed by atoms with Crippen LogP contribution in [0, 0.1) is 5.92 Å². The molecule has 4 heteroatoms. The Morgan fingerprint density at radius 2 is 2.24 bits per heavy atom. The second-order valence-corrected chi connectivity index (χ2v) is 7.26. The van der Waals surface area contributed by atoms with Crippen molar-refractivity contribution in [3.8, 4) is 5.75 Å². The average Bonchev–Trinajstić information content (AvgIpc) is 3.34. The Kier molecular flexibility index (Phi) is 4.20. The van der Waals surface area contributed by atoms with E-state index in [0.29, 0.717) is 17.1 Å². The lowest BCUT2D eigenvalue weighted by Crippen LogP contribution is -2.38. The second kappa shape index (κ2) is 6.51. The van der Waals surface area contributed by atoms with E-state index < -0.39 is 6.10 Å². The normalized spacial score (nSPS) is 25.1. The van der Waals surface area contributed by atoms with Gasteiger partial charge < -0.3 is 10.1 Å². The van der Waals surface area contributed by atoms with Gasteiger partial charge in [0.15, 0.2) is 6.10 Å². The number of fused-ring (bicyclic) bond motifs is 2. The van der Waals surface area contributed by atoms with Crippen molar-refractivity contribution in [3.63, 3.8) is 0 Å². The number of amides is 1. The molecule has 0 radical (unpaired) electrons. The van der Waals surface area contributed by atoms with Crippen molar-refractivity contribution in [2.45, 2.75) is 44.1 Å². The standard InChI is InChI=1S/C21H24N2O2/c1-15(25-18-8-5-11-22-14-18)20(24)23-13-17-12-21(17)10-4-7-16-6-2-3-9-19(16)21/h2-3,5-6,8-9,11,14-15,17H,4,7,10,12-13H2,1H3,(H,23,24)/t15-,17-,21+/m0/s1. The molecule has 4 nitrogen and oxygen atoms in total. The highest BCUT2D eigenvalue weighted by Gasteiger charge is 2.56. The summed E-state index contributed by atoms with van der Waals surface area (Å²) in [6.07, 6.45) is 7.66. The Morgan fingerprint density at radius 1 is 1.36 bits per heavy atom. The monoisotopic (exact) mass is 336 g/mol. The molecular weight excluding hydrogens is 312 g/mol. The van der Waals surface area contributed by atoms with E-state index in [4.69, 9.17) is 4.74 Å². The number of ether oxygens (including phenoxy) is 1. The molecule has 1 aromatic carbocycles. The van der Waals surface area contributed by atoms with Crippen molar-refractivity contribution in [1.82, 2.24) is 10.3 Å². The molecule has 1 amide bonds. The number of hydrogen-bond acceptors (Lipinski definition) is 3. The van der Waals surface area contributed by atoms with Crippen LogP contribution in [0.1, 0.15) is 37.3 Å². The minimum atomic E-state index is -0.516. The van der Waals surface area contributed by atoms with Gasteiger partial charge in [0.2, 0.25) is 0 Å². The lowest BCUT2D eigenvalue weighted by molar-refractivity contribution is -0.127. The Bertz CT molecular complexity index is 762. The summed E-state index contributed by atoms with van der Waals surface area (Å²) in [5, 5.41) is 3.08. The molecule has 0 bridgehead atoms. The molecule has 2 aliphatic rings. The van der Waals surface area contributed by atoms with E-state index in [9.17, 15) is 4.79 Å². The minimum absolute atomic E-state index is 0.0602. The number of pyridine rings is 1. The fourth-order valence-electron chi connectivity index (χ4n) is 4.28. The molecule has 1 saturated carbocycles. The van der Waals surface area contributed by atoms with Crippen LogP contribution in [0.25, 0.3) is 0 Å². The van der Waals surface area contributed by atoms with E-state index >= 15 is 0 Å². The van der Waals surface area contributed by atoms with Gasteiger partial charge in [-0.2, -0.15) is 0 Å². The molecular formula is C21H24N2O2. The van der Waals surface area contributed by atoms with Gasteiger partial charge in [-0.25, -0.2) is 0 Å². The van der Waals surface area contributed by atoms with Crippen molar-refractivity contribution < 1.29 is 9.53 Å². The lowest BCUT2D eigenvalue weighted by Gasteiger charge is -2.27. The van der Waals surface area contributed by atoms with Crippen LogP contribution in [0.4, 0.5) is 0 Å². The average molecular weight is 336 g/mol. The first kappa shape index (κ1) is 16.1. The van der Waals surface area contributed by atoms with Gasteiger partial charge in [-0.15, -0.1) is 0 Å². The van der Waals surface area contributed by atoms with Crippen molar-refractivity contribution in [2.24, 2.45) is 5.92 Å². The van der Waals surface area contributed by atoms with Gasteiger partial charge in [-0.05, 0) is 61.8 Å². The summed E-state index contributed by atoms with van der Waals surface area (Å²) in [7, 11) is 0. The first-order chi connectivity index (χ1) is 12.2. The topological polar surface area (TPSA) is 51.2 Å². The van der Waals surface area contributed by atoms with Crippen molar-refractivity contribution in [1.29, 1.82) is 0 Å². The second-order valence-electron chi connectivity index (χ2n) is 7.26. The third-order valence-corrected chi connectivity index (χ3v) is 5.69. The van der Waals surface area contributed by atoms with E-state index in [1.807, 2.05) is 6.07 Å².